The van der Waals surface area contributed by atoms with Gasteiger partial charge in [0.05, 0.1) is 0 Å². The molecule has 0 aliphatic carbocycles. The molecule has 0 fully saturated rings. The van der Waals surface area contributed by atoms with E-state index in [1.165, 1.54) is 10.7 Å². The molecule has 3 rings (SSSR count). The van der Waals surface area contributed by atoms with Gasteiger partial charge in [-0.25, -0.2) is 9.50 Å². The summed E-state index contributed by atoms with van der Waals surface area (Å²) < 4.78 is 1.29. The molecular weight excluding hydrogens is 340 g/mol. The Balaban J connectivity index is 2.02. The molecule has 0 atom stereocenters. The molecule has 3 aromatic rings. The van der Waals surface area contributed by atoms with Crippen molar-refractivity contribution >= 4 is 23.2 Å². The molecule has 2 N–H and O–H groups in total. The van der Waals surface area contributed by atoms with Crippen molar-refractivity contribution in [2.45, 2.75) is 13.3 Å². The third-order valence-corrected chi connectivity index (χ3v) is 4.16. The van der Waals surface area contributed by atoms with Gasteiger partial charge in [0.25, 0.3) is 11.5 Å². The summed E-state index contributed by atoms with van der Waals surface area (Å²) in [7, 11) is 0. The number of nitrogens with zero attached hydrogens (tertiary/aromatic N) is 2. The number of fused-ring (bicyclic) bond motifs is 1. The average molecular weight is 357 g/mol. The lowest BCUT2D eigenvalue weighted by Gasteiger charge is -2.07. The van der Waals surface area contributed by atoms with Crippen LogP contribution >= 0.6 is 11.6 Å². The molecule has 1 amide bonds. The summed E-state index contributed by atoms with van der Waals surface area (Å²) in [5, 5.41) is 6.13. The second-order valence-electron chi connectivity index (χ2n) is 5.63. The minimum Gasteiger partial charge on any atom is -0.348 e. The van der Waals surface area contributed by atoms with Crippen LogP contribution < -0.4 is 10.9 Å². The van der Waals surface area contributed by atoms with Crippen LogP contribution in [0.25, 0.3) is 5.65 Å². The van der Waals surface area contributed by atoms with Crippen LogP contribution in [0.4, 0.5) is 0 Å². The fraction of sp³-hybridized carbons (Fsp3) is 0.167. The summed E-state index contributed by atoms with van der Waals surface area (Å²) in [4.78, 5) is 29.4. The number of aromatic amines is 1. The van der Waals surface area contributed by atoms with E-state index in [2.05, 4.69) is 22.0 Å². The van der Waals surface area contributed by atoms with E-state index in [4.69, 9.17) is 11.6 Å². The fourth-order valence-corrected chi connectivity index (χ4v) is 2.72. The maximum absolute atomic E-state index is 12.8. The Morgan fingerprint density at radius 2 is 2.12 bits per heavy atom. The number of halogens is 1. The fourth-order valence-electron chi connectivity index (χ4n) is 2.59. The van der Waals surface area contributed by atoms with Crippen molar-refractivity contribution in [1.82, 2.24) is 19.9 Å². The first-order chi connectivity index (χ1) is 12.0. The van der Waals surface area contributed by atoms with Crippen molar-refractivity contribution < 1.29 is 4.79 Å². The minimum atomic E-state index is -0.310. The quantitative estimate of drug-likeness (QED) is 0.689. The van der Waals surface area contributed by atoms with Gasteiger partial charge < -0.3 is 5.32 Å². The van der Waals surface area contributed by atoms with Gasteiger partial charge in [-0.05, 0) is 24.6 Å². The lowest BCUT2D eigenvalue weighted by atomic mass is 10.1. The molecule has 25 heavy (non-hydrogen) atoms. The van der Waals surface area contributed by atoms with Crippen molar-refractivity contribution in [2.75, 3.05) is 6.54 Å². The summed E-state index contributed by atoms with van der Waals surface area (Å²) in [5.74, 6) is -0.310. The van der Waals surface area contributed by atoms with Crippen LogP contribution in [0.2, 0.25) is 5.02 Å². The zero-order valence-corrected chi connectivity index (χ0v) is 14.4. The SMILES string of the molecule is C=CCNC(=O)c1c[nH]n2c(=O)c(Cc3ccc(Cl)cc3)c(C)nc12. The molecule has 6 nitrogen and oxygen atoms in total. The van der Waals surface area contributed by atoms with E-state index in [1.54, 1.807) is 25.1 Å². The molecule has 0 unspecified atom stereocenters. The largest absolute Gasteiger partial charge is 0.348 e. The molecule has 7 heteroatoms. The van der Waals surface area contributed by atoms with Crippen LogP contribution in [-0.4, -0.2) is 27.0 Å². The number of amides is 1. The van der Waals surface area contributed by atoms with E-state index in [0.29, 0.717) is 40.5 Å². The molecule has 0 saturated heterocycles. The zero-order valence-electron chi connectivity index (χ0n) is 13.7. The van der Waals surface area contributed by atoms with Crippen molar-refractivity contribution in [3.05, 3.63) is 80.9 Å². The lowest BCUT2D eigenvalue weighted by molar-refractivity contribution is 0.0959. The number of hydrogen-bond acceptors (Lipinski definition) is 3. The topological polar surface area (TPSA) is 79.3 Å². The molecule has 0 aliphatic heterocycles. The summed E-state index contributed by atoms with van der Waals surface area (Å²) in [6.07, 6.45) is 3.50. The first kappa shape index (κ1) is 17.0. The normalized spacial score (nSPS) is 10.8. The zero-order chi connectivity index (χ0) is 18.0. The molecule has 2 heterocycles. The van der Waals surface area contributed by atoms with Gasteiger partial charge in [0.15, 0.2) is 5.65 Å². The molecule has 0 radical (unpaired) electrons. The third-order valence-electron chi connectivity index (χ3n) is 3.91. The molecule has 1 aromatic carbocycles. The third kappa shape index (κ3) is 3.34. The number of benzene rings is 1. The molecule has 2 aromatic heterocycles. The van der Waals surface area contributed by atoms with Crippen molar-refractivity contribution in [2.24, 2.45) is 0 Å². The average Bonchev–Trinajstić information content (AvgIpc) is 3.02. The monoisotopic (exact) mass is 356 g/mol. The van der Waals surface area contributed by atoms with E-state index >= 15 is 0 Å². The number of carbonyl (C=O) groups excluding carboxylic acids is 1. The second-order valence-corrected chi connectivity index (χ2v) is 6.07. The molecule has 128 valence electrons. The highest BCUT2D eigenvalue weighted by Crippen LogP contribution is 2.15. The Bertz CT molecular complexity index is 1000. The minimum absolute atomic E-state index is 0.222. The highest BCUT2D eigenvalue weighted by atomic mass is 35.5. The lowest BCUT2D eigenvalue weighted by Crippen LogP contribution is -2.25. The number of rotatable bonds is 5. The Labute approximate surface area is 149 Å². The highest BCUT2D eigenvalue weighted by Gasteiger charge is 2.17. The van der Waals surface area contributed by atoms with Crippen LogP contribution in [0.5, 0.6) is 0 Å². The number of aromatic nitrogens is 3. The van der Waals surface area contributed by atoms with Crippen LogP contribution in [0.15, 0.2) is 47.9 Å². The van der Waals surface area contributed by atoms with E-state index in [1.807, 2.05) is 12.1 Å². The van der Waals surface area contributed by atoms with Gasteiger partial charge in [0, 0.05) is 35.4 Å². The first-order valence-corrected chi connectivity index (χ1v) is 8.12. The van der Waals surface area contributed by atoms with Gasteiger partial charge >= 0.3 is 0 Å². The Morgan fingerprint density at radius 3 is 2.80 bits per heavy atom. The van der Waals surface area contributed by atoms with E-state index in [0.717, 1.165) is 5.56 Å². The van der Waals surface area contributed by atoms with Gasteiger partial charge in [0.2, 0.25) is 0 Å². The van der Waals surface area contributed by atoms with Gasteiger partial charge in [-0.1, -0.05) is 29.8 Å². The van der Waals surface area contributed by atoms with E-state index < -0.39 is 0 Å². The second kappa shape index (κ2) is 6.94. The number of nitrogens with one attached hydrogen (secondary N) is 2. The summed E-state index contributed by atoms with van der Waals surface area (Å²) in [5.41, 5.74) is 2.53. The Kier molecular flexibility index (Phi) is 4.72. The van der Waals surface area contributed by atoms with Crippen LogP contribution in [0.1, 0.15) is 27.2 Å². The highest BCUT2D eigenvalue weighted by molar-refractivity contribution is 6.30. The predicted molar refractivity (Wildman–Crippen MR) is 97.3 cm³/mol. The molecule has 0 bridgehead atoms. The van der Waals surface area contributed by atoms with Gasteiger partial charge in [-0.15, -0.1) is 6.58 Å². The smallest absolute Gasteiger partial charge is 0.276 e. The van der Waals surface area contributed by atoms with Gasteiger partial charge in [-0.2, -0.15) is 0 Å². The predicted octanol–water partition coefficient (Wildman–Crippen LogP) is 2.49. The van der Waals surface area contributed by atoms with Crippen molar-refractivity contribution in [1.29, 1.82) is 0 Å². The molecule has 0 aliphatic rings. The summed E-state index contributed by atoms with van der Waals surface area (Å²) in [6.45, 7) is 5.67. The molecule has 0 spiro atoms. The number of hydrogen-bond donors (Lipinski definition) is 2. The first-order valence-electron chi connectivity index (χ1n) is 7.74. The summed E-state index contributed by atoms with van der Waals surface area (Å²) in [6, 6.07) is 7.32. The van der Waals surface area contributed by atoms with Gasteiger partial charge in [-0.3, -0.25) is 14.7 Å². The van der Waals surface area contributed by atoms with Gasteiger partial charge in [0.1, 0.15) is 5.56 Å². The van der Waals surface area contributed by atoms with E-state index in [9.17, 15) is 9.59 Å². The van der Waals surface area contributed by atoms with Crippen LogP contribution in [0, 0.1) is 6.92 Å². The standard InChI is InChI=1S/C18H17ClN4O2/c1-3-8-20-17(24)15-10-21-23-16(15)22-11(2)14(18(23)25)9-12-4-6-13(19)7-5-12/h3-7,10,21H,1,8-9H2,2H3,(H,20,24). The van der Waals surface area contributed by atoms with E-state index in [-0.39, 0.29) is 11.5 Å². The summed E-state index contributed by atoms with van der Waals surface area (Å²) >= 11 is 5.90. The van der Waals surface area contributed by atoms with Crippen LogP contribution in [0.3, 0.4) is 0 Å². The Hall–Kier alpha value is -2.86. The maximum Gasteiger partial charge on any atom is 0.276 e. The van der Waals surface area contributed by atoms with Crippen molar-refractivity contribution in [3.8, 4) is 0 Å². The number of aryl methyl sites for hydroxylation is 1. The Morgan fingerprint density at radius 1 is 1.40 bits per heavy atom. The maximum atomic E-state index is 12.8. The number of carbonyl (C=O) groups is 1. The number of H-pyrrole nitrogens is 1. The molecule has 0 saturated carbocycles. The van der Waals surface area contributed by atoms with Crippen molar-refractivity contribution in [3.63, 3.8) is 0 Å². The molecular formula is C18H17ClN4O2. The van der Waals surface area contributed by atoms with Crippen LogP contribution in [-0.2, 0) is 6.42 Å².